The van der Waals surface area contributed by atoms with E-state index in [-0.39, 0.29) is 18.9 Å². The monoisotopic (exact) mass is 446 g/mol. The van der Waals surface area contributed by atoms with Crippen molar-refractivity contribution in [3.05, 3.63) is 47.0 Å². The molecule has 31 heavy (non-hydrogen) atoms. The summed E-state index contributed by atoms with van der Waals surface area (Å²) < 4.78 is 15.5. The van der Waals surface area contributed by atoms with E-state index in [1.54, 1.807) is 36.4 Å². The maximum atomic E-state index is 12.4. The van der Waals surface area contributed by atoms with Gasteiger partial charge in [0.05, 0.1) is 25.8 Å². The number of benzene rings is 2. The number of ether oxygens (including phenoxy) is 3. The first kappa shape index (κ1) is 22.4. The minimum absolute atomic E-state index is 0.0126. The van der Waals surface area contributed by atoms with Crippen LogP contribution in [0.5, 0.6) is 11.5 Å². The Kier molecular flexibility index (Phi) is 7.02. The van der Waals surface area contributed by atoms with Crippen molar-refractivity contribution < 1.29 is 28.6 Å². The zero-order chi connectivity index (χ0) is 22.5. The van der Waals surface area contributed by atoms with E-state index in [1.807, 2.05) is 6.92 Å². The Morgan fingerprint density at radius 1 is 1.19 bits per heavy atom. The smallest absolute Gasteiger partial charge is 0.311 e. The molecular formula is C22H23ClN2O6. The van der Waals surface area contributed by atoms with Crippen LogP contribution in [0.1, 0.15) is 12.0 Å². The topological polar surface area (TPSA) is 94.2 Å². The first-order valence-corrected chi connectivity index (χ1v) is 9.95. The van der Waals surface area contributed by atoms with Crippen molar-refractivity contribution >= 4 is 40.8 Å². The van der Waals surface area contributed by atoms with Gasteiger partial charge in [0.25, 0.3) is 5.91 Å². The van der Waals surface area contributed by atoms with Crippen LogP contribution < -0.4 is 19.7 Å². The Hall–Kier alpha value is -3.26. The minimum Gasteiger partial charge on any atom is -0.497 e. The summed E-state index contributed by atoms with van der Waals surface area (Å²) in [6.07, 6.45) is 0.0126. The van der Waals surface area contributed by atoms with Crippen molar-refractivity contribution in [1.82, 2.24) is 0 Å². The van der Waals surface area contributed by atoms with Crippen LogP contribution in [0, 0.1) is 12.8 Å². The summed E-state index contributed by atoms with van der Waals surface area (Å²) in [5.41, 5.74) is 1.85. The van der Waals surface area contributed by atoms with Crippen LogP contribution in [0.25, 0.3) is 0 Å². The lowest BCUT2D eigenvalue weighted by Gasteiger charge is -2.19. The summed E-state index contributed by atoms with van der Waals surface area (Å²) in [4.78, 5) is 38.6. The third-order valence-electron chi connectivity index (χ3n) is 5.02. The number of methoxy groups -OCH3 is 2. The van der Waals surface area contributed by atoms with E-state index in [4.69, 9.17) is 25.8 Å². The Balaban J connectivity index is 1.57. The Morgan fingerprint density at radius 2 is 1.97 bits per heavy atom. The van der Waals surface area contributed by atoms with E-state index in [9.17, 15) is 14.4 Å². The number of nitrogens with zero attached hydrogens (tertiary/aromatic N) is 1. The van der Waals surface area contributed by atoms with Gasteiger partial charge in [-0.1, -0.05) is 17.7 Å². The molecule has 2 aromatic rings. The molecule has 1 atom stereocenters. The van der Waals surface area contributed by atoms with Gasteiger partial charge in [-0.15, -0.1) is 0 Å². The first-order valence-electron chi connectivity index (χ1n) is 9.58. The van der Waals surface area contributed by atoms with Gasteiger partial charge in [0.2, 0.25) is 5.91 Å². The molecule has 0 saturated carbocycles. The van der Waals surface area contributed by atoms with Gasteiger partial charge in [-0.3, -0.25) is 14.4 Å². The van der Waals surface area contributed by atoms with E-state index in [1.165, 1.54) is 19.1 Å². The lowest BCUT2D eigenvalue weighted by molar-refractivity contribution is -0.151. The molecule has 1 aliphatic rings. The van der Waals surface area contributed by atoms with Crippen molar-refractivity contribution in [3.8, 4) is 11.5 Å². The van der Waals surface area contributed by atoms with Crippen LogP contribution in [0.2, 0.25) is 5.02 Å². The molecule has 0 unspecified atom stereocenters. The molecule has 0 radical (unpaired) electrons. The van der Waals surface area contributed by atoms with Crippen molar-refractivity contribution in [3.63, 3.8) is 0 Å². The van der Waals surface area contributed by atoms with Gasteiger partial charge >= 0.3 is 5.97 Å². The van der Waals surface area contributed by atoms with Crippen LogP contribution >= 0.6 is 11.6 Å². The van der Waals surface area contributed by atoms with Gasteiger partial charge < -0.3 is 24.4 Å². The lowest BCUT2D eigenvalue weighted by atomic mass is 10.1. The summed E-state index contributed by atoms with van der Waals surface area (Å²) in [5, 5.41) is 3.17. The predicted octanol–water partition coefficient (Wildman–Crippen LogP) is 3.20. The SMILES string of the molecule is COc1ccc(NC(=O)COC(=O)[C@@H]2CC(=O)N(c3cccc(Cl)c3C)C2)c(OC)c1. The van der Waals surface area contributed by atoms with E-state index >= 15 is 0 Å². The number of anilines is 2. The maximum Gasteiger partial charge on any atom is 0.311 e. The average molecular weight is 447 g/mol. The second-order valence-electron chi connectivity index (χ2n) is 7.01. The molecular weight excluding hydrogens is 424 g/mol. The lowest BCUT2D eigenvalue weighted by Crippen LogP contribution is -2.28. The zero-order valence-electron chi connectivity index (χ0n) is 17.4. The Bertz CT molecular complexity index is 1010. The largest absolute Gasteiger partial charge is 0.497 e. The number of nitrogens with one attached hydrogen (secondary N) is 1. The second-order valence-corrected chi connectivity index (χ2v) is 7.42. The summed E-state index contributed by atoms with van der Waals surface area (Å²) in [7, 11) is 2.99. The number of halogens is 1. The molecule has 0 spiro atoms. The van der Waals surface area contributed by atoms with Crippen LogP contribution in [0.3, 0.4) is 0 Å². The molecule has 2 amide bonds. The van der Waals surface area contributed by atoms with Gasteiger partial charge in [-0.2, -0.15) is 0 Å². The minimum atomic E-state index is -0.658. The highest BCUT2D eigenvalue weighted by molar-refractivity contribution is 6.31. The molecule has 1 saturated heterocycles. The van der Waals surface area contributed by atoms with Crippen molar-refractivity contribution in [2.75, 3.05) is 37.6 Å². The quantitative estimate of drug-likeness (QED) is 0.656. The molecule has 3 rings (SSSR count). The Labute approximate surface area is 185 Å². The highest BCUT2D eigenvalue weighted by Crippen LogP contribution is 2.32. The van der Waals surface area contributed by atoms with Gasteiger partial charge in [-0.05, 0) is 36.8 Å². The van der Waals surface area contributed by atoms with Crippen molar-refractivity contribution in [2.24, 2.45) is 5.92 Å². The van der Waals surface area contributed by atoms with E-state index in [2.05, 4.69) is 5.32 Å². The van der Waals surface area contributed by atoms with Gasteiger partial charge in [0, 0.05) is 29.7 Å². The fourth-order valence-electron chi connectivity index (χ4n) is 3.33. The van der Waals surface area contributed by atoms with Gasteiger partial charge in [0.15, 0.2) is 6.61 Å². The molecule has 1 aliphatic heterocycles. The van der Waals surface area contributed by atoms with Crippen LogP contribution in [-0.4, -0.2) is 45.2 Å². The van der Waals surface area contributed by atoms with Crippen LogP contribution in [0.4, 0.5) is 11.4 Å². The van der Waals surface area contributed by atoms with E-state index in [0.717, 1.165) is 5.56 Å². The molecule has 1 heterocycles. The number of hydrogen-bond acceptors (Lipinski definition) is 6. The molecule has 1 N–H and O–H groups in total. The number of amides is 2. The van der Waals surface area contributed by atoms with Crippen molar-refractivity contribution in [1.29, 1.82) is 0 Å². The standard InChI is InChI=1S/C22H23ClN2O6/c1-13-16(23)5-4-6-18(13)25-11-14(9-21(25)27)22(28)31-12-20(26)24-17-8-7-15(29-2)10-19(17)30-3/h4-8,10,14H,9,11-12H2,1-3H3,(H,24,26)/t14-/m1/s1. The summed E-state index contributed by atoms with van der Waals surface area (Å²) in [5.74, 6) is -0.996. The summed E-state index contributed by atoms with van der Waals surface area (Å²) in [6, 6.07) is 10.2. The third-order valence-corrected chi connectivity index (χ3v) is 5.43. The number of hydrogen-bond donors (Lipinski definition) is 1. The number of rotatable bonds is 7. The third kappa shape index (κ3) is 5.08. The summed E-state index contributed by atoms with van der Waals surface area (Å²) in [6.45, 7) is 1.51. The van der Waals surface area contributed by atoms with Gasteiger partial charge in [-0.25, -0.2) is 0 Å². The zero-order valence-corrected chi connectivity index (χ0v) is 18.2. The van der Waals surface area contributed by atoms with E-state index in [0.29, 0.717) is 27.9 Å². The number of carbonyl (C=O) groups is 3. The average Bonchev–Trinajstić information content (AvgIpc) is 3.15. The number of carbonyl (C=O) groups excluding carboxylic acids is 3. The second kappa shape index (κ2) is 9.70. The molecule has 1 fully saturated rings. The highest BCUT2D eigenvalue weighted by Gasteiger charge is 2.37. The molecule has 8 nitrogen and oxygen atoms in total. The maximum absolute atomic E-state index is 12.4. The first-order chi connectivity index (χ1) is 14.8. The molecule has 9 heteroatoms. The molecule has 164 valence electrons. The fourth-order valence-corrected chi connectivity index (χ4v) is 3.50. The molecule has 2 aromatic carbocycles. The predicted molar refractivity (Wildman–Crippen MR) is 116 cm³/mol. The number of esters is 1. The van der Waals surface area contributed by atoms with Gasteiger partial charge in [0.1, 0.15) is 11.5 Å². The summed E-state index contributed by atoms with van der Waals surface area (Å²) >= 11 is 6.14. The Morgan fingerprint density at radius 3 is 2.68 bits per heavy atom. The highest BCUT2D eigenvalue weighted by atomic mass is 35.5. The molecule has 0 aromatic heterocycles. The van der Waals surface area contributed by atoms with Crippen molar-refractivity contribution in [2.45, 2.75) is 13.3 Å². The normalized spacial score (nSPS) is 15.5. The van der Waals surface area contributed by atoms with Crippen LogP contribution in [-0.2, 0) is 19.1 Å². The molecule has 0 aliphatic carbocycles. The fraction of sp³-hybridized carbons (Fsp3) is 0.318. The van der Waals surface area contributed by atoms with Crippen LogP contribution in [0.15, 0.2) is 36.4 Å². The van der Waals surface area contributed by atoms with E-state index < -0.39 is 24.4 Å². The molecule has 0 bridgehead atoms.